The first-order chi connectivity index (χ1) is 8.63. The van der Waals surface area contributed by atoms with Crippen molar-refractivity contribution in [3.63, 3.8) is 0 Å². The molecule has 0 radical (unpaired) electrons. The number of hydrogen-bond donors (Lipinski definition) is 1. The van der Waals surface area contributed by atoms with E-state index in [9.17, 15) is 4.79 Å². The third-order valence-electron chi connectivity index (χ3n) is 2.61. The zero-order chi connectivity index (χ0) is 13.1. The van der Waals surface area contributed by atoms with E-state index in [0.29, 0.717) is 0 Å². The van der Waals surface area contributed by atoms with Crippen molar-refractivity contribution in [3.8, 4) is 11.1 Å². The molecule has 0 saturated carbocycles. The monoisotopic (exact) mass is 278 g/mol. The van der Waals surface area contributed by atoms with E-state index in [4.69, 9.17) is 16.7 Å². The fourth-order valence-electron chi connectivity index (χ4n) is 1.74. The van der Waals surface area contributed by atoms with E-state index >= 15 is 0 Å². The molecule has 2 aromatic rings. The number of carbonyl (C=O) groups is 1. The fraction of sp³-hybridized carbons (Fsp3) is 0.0714. The van der Waals surface area contributed by atoms with Crippen LogP contribution in [0.4, 0.5) is 0 Å². The van der Waals surface area contributed by atoms with Crippen molar-refractivity contribution in [2.45, 2.75) is 4.90 Å². The minimum atomic E-state index is -1.01. The fourth-order valence-corrected chi connectivity index (χ4v) is 2.56. The second-order valence-corrected chi connectivity index (χ2v) is 4.96. The zero-order valence-corrected chi connectivity index (χ0v) is 11.3. The molecule has 2 aromatic carbocycles. The summed E-state index contributed by atoms with van der Waals surface area (Å²) in [6, 6.07) is 12.9. The molecular formula is C14H11ClO2S. The zero-order valence-electron chi connectivity index (χ0n) is 9.68. The van der Waals surface area contributed by atoms with Gasteiger partial charge in [0.05, 0.1) is 10.6 Å². The predicted molar refractivity (Wildman–Crippen MR) is 75.6 cm³/mol. The standard InChI is InChI=1S/C14H11ClO2S/c1-18-13-5-3-2-4-10(13)9-6-7-12(15)11(8-9)14(16)17/h2-8H,1H3,(H,16,17). The third kappa shape index (κ3) is 2.52. The molecule has 0 heterocycles. The molecule has 0 fully saturated rings. The van der Waals surface area contributed by atoms with Crippen LogP contribution in [0.2, 0.25) is 5.02 Å². The summed E-state index contributed by atoms with van der Waals surface area (Å²) in [5, 5.41) is 9.33. The van der Waals surface area contributed by atoms with Crippen LogP contribution in [0.25, 0.3) is 11.1 Å². The summed E-state index contributed by atoms with van der Waals surface area (Å²) in [7, 11) is 0. The molecule has 4 heteroatoms. The lowest BCUT2D eigenvalue weighted by atomic mass is 10.0. The molecule has 0 atom stereocenters. The van der Waals surface area contributed by atoms with Gasteiger partial charge < -0.3 is 5.11 Å². The van der Waals surface area contributed by atoms with E-state index < -0.39 is 5.97 Å². The van der Waals surface area contributed by atoms with Crippen LogP contribution in [0.3, 0.4) is 0 Å². The topological polar surface area (TPSA) is 37.3 Å². The molecule has 0 amide bonds. The van der Waals surface area contributed by atoms with Crippen LogP contribution in [-0.2, 0) is 0 Å². The van der Waals surface area contributed by atoms with Crippen LogP contribution in [0.5, 0.6) is 0 Å². The van der Waals surface area contributed by atoms with E-state index in [-0.39, 0.29) is 10.6 Å². The number of thioether (sulfide) groups is 1. The molecule has 92 valence electrons. The molecule has 0 spiro atoms. The van der Waals surface area contributed by atoms with Gasteiger partial charge in [0.25, 0.3) is 0 Å². The average Bonchev–Trinajstić information content (AvgIpc) is 2.39. The normalized spacial score (nSPS) is 10.3. The largest absolute Gasteiger partial charge is 0.478 e. The highest BCUT2D eigenvalue weighted by Gasteiger charge is 2.11. The molecular weight excluding hydrogens is 268 g/mol. The second kappa shape index (κ2) is 5.46. The van der Waals surface area contributed by atoms with Gasteiger partial charge >= 0.3 is 5.97 Å². The molecule has 0 aliphatic heterocycles. The smallest absolute Gasteiger partial charge is 0.337 e. The van der Waals surface area contributed by atoms with E-state index in [1.807, 2.05) is 36.6 Å². The highest BCUT2D eigenvalue weighted by atomic mass is 35.5. The molecule has 0 unspecified atom stereocenters. The molecule has 0 saturated heterocycles. The quantitative estimate of drug-likeness (QED) is 0.844. The summed E-state index contributed by atoms with van der Waals surface area (Å²) in [6.45, 7) is 0. The molecule has 0 aliphatic rings. The first kappa shape index (κ1) is 13.0. The molecule has 1 N–H and O–H groups in total. The van der Waals surface area contributed by atoms with Crippen LogP contribution < -0.4 is 0 Å². The van der Waals surface area contributed by atoms with Crippen LogP contribution in [0.15, 0.2) is 47.4 Å². The van der Waals surface area contributed by atoms with Crippen molar-refractivity contribution in [2.75, 3.05) is 6.26 Å². The molecule has 0 bridgehead atoms. The predicted octanol–water partition coefficient (Wildman–Crippen LogP) is 4.43. The Morgan fingerprint density at radius 2 is 1.94 bits per heavy atom. The average molecular weight is 279 g/mol. The summed E-state index contributed by atoms with van der Waals surface area (Å²) in [5.74, 6) is -1.01. The summed E-state index contributed by atoms with van der Waals surface area (Å²) in [4.78, 5) is 12.2. The highest BCUT2D eigenvalue weighted by molar-refractivity contribution is 7.98. The Balaban J connectivity index is 2.58. The van der Waals surface area contributed by atoms with Crippen LogP contribution in [-0.4, -0.2) is 17.3 Å². The lowest BCUT2D eigenvalue weighted by Gasteiger charge is -2.08. The van der Waals surface area contributed by atoms with E-state index in [2.05, 4.69) is 0 Å². The Hall–Kier alpha value is -1.45. The van der Waals surface area contributed by atoms with Gasteiger partial charge in [-0.2, -0.15) is 0 Å². The molecule has 0 aliphatic carbocycles. The number of carboxylic acids is 1. The van der Waals surface area contributed by atoms with Crippen LogP contribution >= 0.6 is 23.4 Å². The maximum absolute atomic E-state index is 11.1. The molecule has 2 rings (SSSR count). The highest BCUT2D eigenvalue weighted by Crippen LogP contribution is 2.32. The van der Waals surface area contributed by atoms with Gasteiger partial charge in [0.1, 0.15) is 0 Å². The van der Waals surface area contributed by atoms with Crippen molar-refractivity contribution >= 4 is 29.3 Å². The number of halogens is 1. The number of benzene rings is 2. The second-order valence-electron chi connectivity index (χ2n) is 3.70. The van der Waals surface area contributed by atoms with Gasteiger partial charge in [-0.1, -0.05) is 35.9 Å². The Kier molecular flexibility index (Phi) is 3.94. The number of aromatic carboxylic acids is 1. The summed E-state index contributed by atoms with van der Waals surface area (Å²) >= 11 is 7.49. The third-order valence-corrected chi connectivity index (χ3v) is 3.74. The number of hydrogen-bond acceptors (Lipinski definition) is 2. The maximum atomic E-state index is 11.1. The molecule has 18 heavy (non-hydrogen) atoms. The van der Waals surface area contributed by atoms with Gasteiger partial charge in [-0.05, 0) is 35.6 Å². The summed E-state index contributed by atoms with van der Waals surface area (Å²) in [5.41, 5.74) is 2.01. The van der Waals surface area contributed by atoms with Crippen molar-refractivity contribution in [2.24, 2.45) is 0 Å². The van der Waals surface area contributed by atoms with E-state index in [0.717, 1.165) is 16.0 Å². The van der Waals surface area contributed by atoms with Crippen molar-refractivity contribution in [1.82, 2.24) is 0 Å². The lowest BCUT2D eigenvalue weighted by Crippen LogP contribution is -1.97. The number of rotatable bonds is 3. The van der Waals surface area contributed by atoms with E-state index in [1.54, 1.807) is 23.9 Å². The Bertz CT molecular complexity index is 596. The Morgan fingerprint density at radius 1 is 1.22 bits per heavy atom. The summed E-state index contributed by atoms with van der Waals surface area (Å²) in [6.07, 6.45) is 1.99. The van der Waals surface area contributed by atoms with Gasteiger partial charge in [-0.15, -0.1) is 11.8 Å². The van der Waals surface area contributed by atoms with Gasteiger partial charge in [0.2, 0.25) is 0 Å². The summed E-state index contributed by atoms with van der Waals surface area (Å²) < 4.78 is 0. The number of carboxylic acid groups (broad SMARTS) is 1. The van der Waals surface area contributed by atoms with Gasteiger partial charge in [0.15, 0.2) is 0 Å². The van der Waals surface area contributed by atoms with Crippen molar-refractivity contribution in [1.29, 1.82) is 0 Å². The van der Waals surface area contributed by atoms with Crippen molar-refractivity contribution in [3.05, 3.63) is 53.1 Å². The van der Waals surface area contributed by atoms with Crippen LogP contribution in [0.1, 0.15) is 10.4 Å². The van der Waals surface area contributed by atoms with Crippen molar-refractivity contribution < 1.29 is 9.90 Å². The van der Waals surface area contributed by atoms with Gasteiger partial charge in [-0.25, -0.2) is 4.79 Å². The molecule has 2 nitrogen and oxygen atoms in total. The maximum Gasteiger partial charge on any atom is 0.337 e. The van der Waals surface area contributed by atoms with E-state index in [1.165, 1.54) is 0 Å². The Labute approximate surface area is 115 Å². The van der Waals surface area contributed by atoms with Gasteiger partial charge in [0, 0.05) is 4.90 Å². The minimum absolute atomic E-state index is 0.130. The first-order valence-electron chi connectivity index (χ1n) is 5.29. The SMILES string of the molecule is CSc1ccccc1-c1ccc(Cl)c(C(=O)O)c1. The Morgan fingerprint density at radius 3 is 2.61 bits per heavy atom. The van der Waals surface area contributed by atoms with Crippen LogP contribution in [0, 0.1) is 0 Å². The lowest BCUT2D eigenvalue weighted by molar-refractivity contribution is 0.0697. The molecule has 0 aromatic heterocycles. The first-order valence-corrected chi connectivity index (χ1v) is 6.90. The van der Waals surface area contributed by atoms with Gasteiger partial charge in [-0.3, -0.25) is 0 Å². The minimum Gasteiger partial charge on any atom is -0.478 e.